The van der Waals surface area contributed by atoms with E-state index in [0.717, 1.165) is 5.69 Å². The zero-order valence-corrected chi connectivity index (χ0v) is 17.7. The van der Waals surface area contributed by atoms with E-state index in [-0.39, 0.29) is 30.6 Å². The van der Waals surface area contributed by atoms with E-state index in [4.69, 9.17) is 26.4 Å². The molecule has 3 N–H and O–H groups in total. The largest absolute Gasteiger partial charge is 0.441 e. The van der Waals surface area contributed by atoms with Crippen LogP contribution in [0.1, 0.15) is 17.3 Å². The molecule has 2 saturated heterocycles. The third-order valence-corrected chi connectivity index (χ3v) is 5.37. The number of ether oxygens (including phenoxy) is 3. The minimum Gasteiger partial charge on any atom is -0.441 e. The molecule has 1 amide bonds. The van der Waals surface area contributed by atoms with Crippen LogP contribution >= 0.6 is 12.2 Å². The van der Waals surface area contributed by atoms with Crippen LogP contribution in [0.25, 0.3) is 0 Å². The summed E-state index contributed by atoms with van der Waals surface area (Å²) in [4.78, 5) is 23.6. The third kappa shape index (κ3) is 5.19. The minimum absolute atomic E-state index is 0.0386. The molecule has 2 aliphatic rings. The molecule has 2 aromatic rings. The molecule has 4 unspecified atom stereocenters. The molecule has 2 fully saturated rings. The van der Waals surface area contributed by atoms with Crippen LogP contribution < -0.4 is 16.0 Å². The predicted octanol–water partition coefficient (Wildman–Crippen LogP) is 2.96. The Hall–Kier alpha value is -3.01. The zero-order chi connectivity index (χ0) is 21.8. The molecular formula is C22H23N3O5S. The smallest absolute Gasteiger partial charge is 0.412 e. The van der Waals surface area contributed by atoms with E-state index in [1.807, 2.05) is 30.3 Å². The lowest BCUT2D eigenvalue weighted by Gasteiger charge is -2.20. The van der Waals surface area contributed by atoms with Crippen molar-refractivity contribution in [3.05, 3.63) is 60.2 Å². The Morgan fingerprint density at radius 2 is 1.61 bits per heavy atom. The maximum atomic E-state index is 12.3. The highest BCUT2D eigenvalue weighted by molar-refractivity contribution is 7.80. The molecule has 0 bridgehead atoms. The van der Waals surface area contributed by atoms with Crippen LogP contribution in [0.4, 0.5) is 16.2 Å². The summed E-state index contributed by atoms with van der Waals surface area (Å²) in [5, 5.41) is 9.46. The van der Waals surface area contributed by atoms with Crippen LogP contribution in [0.2, 0.25) is 0 Å². The molecule has 0 aromatic heterocycles. The number of para-hydroxylation sites is 1. The standard InChI is InChI=1S/C22H23N3O5S/c1-13(26)14-7-9-16(10-8-14)24-22(27)30-18-12-29-19-17(11-28-20(18)19)25-21(31)23-15-5-3-2-4-6-15/h2-10,17-20H,11-12H2,1H3,(H,24,27)(H2,23,25,31). The van der Waals surface area contributed by atoms with E-state index in [2.05, 4.69) is 16.0 Å². The van der Waals surface area contributed by atoms with Crippen LogP contribution in [0, 0.1) is 0 Å². The Labute approximate surface area is 185 Å². The number of thiocarbonyl (C=S) groups is 1. The number of nitrogens with one attached hydrogen (secondary N) is 3. The Kier molecular flexibility index (Phi) is 6.45. The fourth-order valence-corrected chi connectivity index (χ4v) is 3.89. The van der Waals surface area contributed by atoms with Crippen molar-refractivity contribution in [2.45, 2.75) is 31.3 Å². The molecule has 2 aliphatic heterocycles. The number of carbonyl (C=O) groups is 2. The molecule has 9 heteroatoms. The summed E-state index contributed by atoms with van der Waals surface area (Å²) in [6.07, 6.45) is -1.78. The van der Waals surface area contributed by atoms with Crippen molar-refractivity contribution < 1.29 is 23.8 Å². The fourth-order valence-electron chi connectivity index (χ4n) is 3.62. The molecule has 0 spiro atoms. The van der Waals surface area contributed by atoms with Crippen molar-refractivity contribution in [1.82, 2.24) is 5.32 Å². The average molecular weight is 442 g/mol. The summed E-state index contributed by atoms with van der Waals surface area (Å²) in [7, 11) is 0. The van der Waals surface area contributed by atoms with Gasteiger partial charge in [-0.1, -0.05) is 18.2 Å². The van der Waals surface area contributed by atoms with Gasteiger partial charge in [-0.3, -0.25) is 10.1 Å². The van der Waals surface area contributed by atoms with Crippen LogP contribution in [-0.4, -0.2) is 54.6 Å². The van der Waals surface area contributed by atoms with Crippen LogP contribution in [-0.2, 0) is 14.2 Å². The van der Waals surface area contributed by atoms with Gasteiger partial charge >= 0.3 is 6.09 Å². The van der Waals surface area contributed by atoms with Crippen molar-refractivity contribution in [3.8, 4) is 0 Å². The van der Waals surface area contributed by atoms with Crippen molar-refractivity contribution >= 4 is 40.6 Å². The van der Waals surface area contributed by atoms with Crippen LogP contribution in [0.15, 0.2) is 54.6 Å². The fraction of sp³-hybridized carbons (Fsp3) is 0.318. The lowest BCUT2D eigenvalue weighted by molar-refractivity contribution is 0.00880. The van der Waals surface area contributed by atoms with E-state index >= 15 is 0 Å². The highest BCUT2D eigenvalue weighted by Crippen LogP contribution is 2.29. The van der Waals surface area contributed by atoms with Gasteiger partial charge in [-0.05, 0) is 55.5 Å². The SMILES string of the molecule is CC(=O)c1ccc(NC(=O)OC2COC3C(NC(=S)Nc4ccccc4)COC23)cc1. The molecule has 2 aromatic carbocycles. The summed E-state index contributed by atoms with van der Waals surface area (Å²) < 4.78 is 17.2. The van der Waals surface area contributed by atoms with Gasteiger partial charge in [-0.25, -0.2) is 4.79 Å². The van der Waals surface area contributed by atoms with Crippen molar-refractivity contribution in [2.24, 2.45) is 0 Å². The zero-order valence-electron chi connectivity index (χ0n) is 16.9. The number of ketones is 1. The van der Waals surface area contributed by atoms with Gasteiger partial charge in [0.25, 0.3) is 0 Å². The quantitative estimate of drug-likeness (QED) is 0.481. The highest BCUT2D eigenvalue weighted by atomic mass is 32.1. The molecule has 4 atom stereocenters. The van der Waals surface area contributed by atoms with E-state index in [0.29, 0.717) is 23.0 Å². The number of hydrogen-bond acceptors (Lipinski definition) is 6. The van der Waals surface area contributed by atoms with Crippen LogP contribution in [0.5, 0.6) is 0 Å². The summed E-state index contributed by atoms with van der Waals surface area (Å²) in [6.45, 7) is 2.12. The molecule has 0 radical (unpaired) electrons. The number of fused-ring (bicyclic) bond motifs is 1. The van der Waals surface area contributed by atoms with Gasteiger partial charge in [0.05, 0.1) is 19.3 Å². The molecule has 4 rings (SSSR count). The number of rotatable bonds is 5. The number of anilines is 2. The summed E-state index contributed by atoms with van der Waals surface area (Å²) in [6, 6.07) is 16.1. The van der Waals surface area contributed by atoms with E-state index < -0.39 is 12.2 Å². The van der Waals surface area contributed by atoms with Gasteiger partial charge < -0.3 is 24.8 Å². The second-order valence-electron chi connectivity index (χ2n) is 7.37. The Morgan fingerprint density at radius 3 is 2.32 bits per heavy atom. The van der Waals surface area contributed by atoms with Gasteiger partial charge in [-0.15, -0.1) is 0 Å². The first-order chi connectivity index (χ1) is 15.0. The van der Waals surface area contributed by atoms with Gasteiger partial charge in [0.1, 0.15) is 12.2 Å². The van der Waals surface area contributed by atoms with Gasteiger partial charge in [0.2, 0.25) is 0 Å². The number of carbonyl (C=O) groups excluding carboxylic acids is 2. The average Bonchev–Trinajstić information content (AvgIpc) is 3.32. The lowest BCUT2D eigenvalue weighted by atomic mass is 10.1. The Bertz CT molecular complexity index is 953. The molecule has 2 heterocycles. The molecule has 0 saturated carbocycles. The number of benzene rings is 2. The van der Waals surface area contributed by atoms with Gasteiger partial charge in [0.15, 0.2) is 17.0 Å². The maximum Gasteiger partial charge on any atom is 0.412 e. The summed E-state index contributed by atoms with van der Waals surface area (Å²) in [5.74, 6) is -0.0386. The second kappa shape index (κ2) is 9.42. The number of amides is 1. The molecule has 31 heavy (non-hydrogen) atoms. The third-order valence-electron chi connectivity index (χ3n) is 5.15. The number of Topliss-reactive ketones (excluding diaryl/α,β-unsaturated/α-hetero) is 1. The normalized spacial score (nSPS) is 24.2. The van der Waals surface area contributed by atoms with Crippen molar-refractivity contribution in [1.29, 1.82) is 0 Å². The monoisotopic (exact) mass is 441 g/mol. The van der Waals surface area contributed by atoms with Gasteiger partial charge in [-0.2, -0.15) is 0 Å². The summed E-state index contributed by atoms with van der Waals surface area (Å²) in [5.41, 5.74) is 2.00. The maximum absolute atomic E-state index is 12.3. The van der Waals surface area contributed by atoms with Crippen LogP contribution in [0.3, 0.4) is 0 Å². The van der Waals surface area contributed by atoms with Gasteiger partial charge in [0, 0.05) is 16.9 Å². The molecule has 0 aliphatic carbocycles. The van der Waals surface area contributed by atoms with E-state index in [9.17, 15) is 9.59 Å². The molecule has 162 valence electrons. The first kappa shape index (κ1) is 21.2. The number of hydrogen-bond donors (Lipinski definition) is 3. The van der Waals surface area contributed by atoms with E-state index in [1.54, 1.807) is 24.3 Å². The molecular weight excluding hydrogens is 418 g/mol. The topological polar surface area (TPSA) is 97.9 Å². The molecule has 8 nitrogen and oxygen atoms in total. The first-order valence-electron chi connectivity index (χ1n) is 9.94. The Morgan fingerprint density at radius 1 is 0.935 bits per heavy atom. The van der Waals surface area contributed by atoms with Crippen molar-refractivity contribution in [3.63, 3.8) is 0 Å². The Balaban J connectivity index is 1.27. The van der Waals surface area contributed by atoms with Crippen molar-refractivity contribution in [2.75, 3.05) is 23.8 Å². The minimum atomic E-state index is -0.605. The predicted molar refractivity (Wildman–Crippen MR) is 119 cm³/mol. The summed E-state index contributed by atoms with van der Waals surface area (Å²) >= 11 is 5.38. The second-order valence-corrected chi connectivity index (χ2v) is 7.78. The lowest BCUT2D eigenvalue weighted by Crippen LogP contribution is -2.46. The highest BCUT2D eigenvalue weighted by Gasteiger charge is 2.49. The van der Waals surface area contributed by atoms with E-state index in [1.165, 1.54) is 6.92 Å². The first-order valence-corrected chi connectivity index (χ1v) is 10.3.